The van der Waals surface area contributed by atoms with E-state index in [4.69, 9.17) is 0 Å². The van der Waals surface area contributed by atoms with Crippen LogP contribution in [-0.4, -0.2) is 7.63 Å². The van der Waals surface area contributed by atoms with Crippen molar-refractivity contribution in [2.45, 2.75) is 75.7 Å². The Morgan fingerprint density at radius 1 is 0.639 bits per heavy atom. The summed E-state index contributed by atoms with van der Waals surface area (Å²) in [6, 6.07) is 22.4. The van der Waals surface area contributed by atoms with E-state index in [1.165, 1.54) is 62.5 Å². The van der Waals surface area contributed by atoms with Gasteiger partial charge >= 0.3 is 211 Å². The molecule has 0 N–H and O–H groups in total. The van der Waals surface area contributed by atoms with Crippen LogP contribution in [0.15, 0.2) is 91.7 Å². The first kappa shape index (κ1) is 31.1. The Morgan fingerprint density at radius 3 is 1.33 bits per heavy atom. The van der Waals surface area contributed by atoms with E-state index in [0.29, 0.717) is 0 Å². The van der Waals surface area contributed by atoms with Crippen LogP contribution in [0.5, 0.6) is 0 Å². The van der Waals surface area contributed by atoms with Crippen molar-refractivity contribution in [1.82, 2.24) is 0 Å². The summed E-state index contributed by atoms with van der Waals surface area (Å²) in [6.45, 7) is 4.62. The van der Waals surface area contributed by atoms with Crippen molar-refractivity contribution in [3.8, 4) is 0 Å². The van der Waals surface area contributed by atoms with E-state index < -0.39 is 14.0 Å². The van der Waals surface area contributed by atoms with Crippen molar-refractivity contribution in [2.24, 2.45) is 0 Å². The largest absolute Gasteiger partial charge is 0.147 e. The molecule has 2 aromatic rings. The maximum Gasteiger partial charge on any atom is -0.147 e. The van der Waals surface area contributed by atoms with E-state index in [1.807, 2.05) is 0 Å². The van der Waals surface area contributed by atoms with Gasteiger partial charge in [-0.15, -0.1) is 24.8 Å². The molecule has 0 amide bonds. The van der Waals surface area contributed by atoms with E-state index in [-0.39, 0.29) is 24.8 Å². The Bertz CT molecular complexity index is 1140. The van der Waals surface area contributed by atoms with Gasteiger partial charge in [0.1, 0.15) is 0 Å². The summed E-state index contributed by atoms with van der Waals surface area (Å²) in [5, 5.41) is 5.42. The Hall–Kier alpha value is -1.09. The van der Waals surface area contributed by atoms with Crippen LogP contribution in [-0.2, 0) is 14.0 Å². The fraction of sp³-hybridized carbons (Fsp3) is 0.375. The number of hydrogen-bond donors (Lipinski definition) is 0. The predicted octanol–water partition coefficient (Wildman–Crippen LogP) is 10.0. The molecule has 0 radical (unpaired) electrons. The molecule has 0 saturated heterocycles. The number of halogens is 2. The van der Waals surface area contributed by atoms with Crippen LogP contribution >= 0.6 is 24.8 Å². The van der Waals surface area contributed by atoms with Crippen LogP contribution in [0.2, 0.25) is 10.5 Å². The maximum atomic E-state index is 2.71. The van der Waals surface area contributed by atoms with Crippen LogP contribution in [0.3, 0.4) is 0 Å². The number of allylic oxidation sites excluding steroid dienone is 8. The van der Waals surface area contributed by atoms with Crippen LogP contribution in [0.25, 0.3) is 11.1 Å². The standard InChI is InChI=1S/2C15H17.2CH3.2ClH.H2Si.Ti/c2*1-2-3-7-13-10-11-15(12-13)14-8-5-4-6-9-14;;;;;;/h2*4-6,8-9,12H,2-3,7,10H2,1H3;2*1H3;2*1H;1H2;. The number of rotatable bonds is 10. The third-order valence-corrected chi connectivity index (χ3v) is 18.9. The van der Waals surface area contributed by atoms with E-state index >= 15 is 0 Å². The second-order valence-corrected chi connectivity index (χ2v) is 30.4. The second-order valence-electron chi connectivity index (χ2n) is 11.4. The van der Waals surface area contributed by atoms with Crippen molar-refractivity contribution in [2.75, 3.05) is 0 Å². The van der Waals surface area contributed by atoms with Gasteiger partial charge < -0.3 is 0 Å². The average molecular weight is 576 g/mol. The molecule has 0 heterocycles. The summed E-state index contributed by atoms with van der Waals surface area (Å²) >= 11 is -3.19. The minimum atomic E-state index is -3.19. The fourth-order valence-electron chi connectivity index (χ4n) is 5.82. The molecule has 0 aromatic heterocycles. The van der Waals surface area contributed by atoms with E-state index in [9.17, 15) is 0 Å². The first-order valence-corrected chi connectivity index (χ1v) is 22.1. The molecule has 2 aliphatic rings. The van der Waals surface area contributed by atoms with E-state index in [0.717, 1.165) is 0 Å². The van der Waals surface area contributed by atoms with Crippen molar-refractivity contribution >= 4 is 43.6 Å². The molecule has 0 atom stereocenters. The fourth-order valence-corrected chi connectivity index (χ4v) is 14.8. The molecule has 0 spiro atoms. The number of unbranched alkanes of at least 4 members (excludes halogenated alkanes) is 2. The molecule has 0 unspecified atom stereocenters. The SMILES string of the molecule is CCCCC1=CC(c2ccccc2)=[C]([Ti]([CH3])([CH3])(=[SiH2])[C]2=C(c3ccccc3)C=C(CCCC)C2)C1.Cl.Cl. The molecule has 0 aliphatic heterocycles. The summed E-state index contributed by atoms with van der Waals surface area (Å²) in [7, 11) is 2.41. The van der Waals surface area contributed by atoms with Gasteiger partial charge in [0.15, 0.2) is 0 Å². The van der Waals surface area contributed by atoms with Gasteiger partial charge in [0, 0.05) is 0 Å². The van der Waals surface area contributed by atoms with Gasteiger partial charge in [-0.3, -0.25) is 0 Å². The van der Waals surface area contributed by atoms with Gasteiger partial charge in [-0.1, -0.05) is 0 Å². The molecule has 0 fully saturated rings. The topological polar surface area (TPSA) is 0 Å². The molecule has 0 saturated carbocycles. The molecular formula is C32H44Cl2SiTi. The number of hydrogen-bond acceptors (Lipinski definition) is 0. The smallest absolute Gasteiger partial charge is 0.147 e. The monoisotopic (exact) mass is 574 g/mol. The van der Waals surface area contributed by atoms with Gasteiger partial charge in [0.2, 0.25) is 0 Å². The van der Waals surface area contributed by atoms with Gasteiger partial charge in [-0.25, -0.2) is 0 Å². The zero-order chi connectivity index (χ0) is 24.2. The molecule has 36 heavy (non-hydrogen) atoms. The minimum Gasteiger partial charge on any atom is -0.147 e. The van der Waals surface area contributed by atoms with Gasteiger partial charge in [0.05, 0.1) is 0 Å². The summed E-state index contributed by atoms with van der Waals surface area (Å²) in [5.41, 5.74) is 9.22. The molecule has 4 heteroatoms. The van der Waals surface area contributed by atoms with Crippen molar-refractivity contribution in [1.29, 1.82) is 0 Å². The van der Waals surface area contributed by atoms with Gasteiger partial charge in [-0.05, 0) is 0 Å². The van der Waals surface area contributed by atoms with Crippen LogP contribution < -0.4 is 0 Å². The van der Waals surface area contributed by atoms with Crippen LogP contribution in [0.1, 0.15) is 76.3 Å². The van der Waals surface area contributed by atoms with E-state index in [2.05, 4.69) is 105 Å². The molecule has 194 valence electrons. The second kappa shape index (κ2) is 13.1. The Labute approximate surface area is 234 Å². The van der Waals surface area contributed by atoms with Crippen LogP contribution in [0.4, 0.5) is 0 Å². The normalized spacial score (nSPS) is 15.9. The average Bonchev–Trinajstić information content (AvgIpc) is 3.49. The Kier molecular flexibility index (Phi) is 11.3. The first-order valence-electron chi connectivity index (χ1n) is 13.4. The summed E-state index contributed by atoms with van der Waals surface area (Å²) in [5.74, 6) is 0. The zero-order valence-corrected chi connectivity index (χ0v) is 27.2. The molecule has 0 bridgehead atoms. The third kappa shape index (κ3) is 6.66. The van der Waals surface area contributed by atoms with Gasteiger partial charge in [0.25, 0.3) is 0 Å². The summed E-state index contributed by atoms with van der Waals surface area (Å²) in [4.78, 5) is 0. The van der Waals surface area contributed by atoms with Crippen molar-refractivity contribution in [3.63, 3.8) is 0 Å². The summed E-state index contributed by atoms with van der Waals surface area (Å²) in [6.07, 6.45) is 15.1. The Balaban J connectivity index is 0.00000228. The number of benzene rings is 2. The van der Waals surface area contributed by atoms with Crippen LogP contribution in [0, 0.1) is 0 Å². The third-order valence-electron chi connectivity index (χ3n) is 7.96. The molecule has 2 aliphatic carbocycles. The summed E-state index contributed by atoms with van der Waals surface area (Å²) < 4.78 is 3.59. The minimum absolute atomic E-state index is 0. The molecule has 2 aromatic carbocycles. The van der Waals surface area contributed by atoms with Crippen molar-refractivity contribution in [3.05, 3.63) is 103 Å². The zero-order valence-electron chi connectivity index (χ0n) is 22.6. The van der Waals surface area contributed by atoms with Crippen molar-refractivity contribution < 1.29 is 14.0 Å². The first-order chi connectivity index (χ1) is 16.3. The molecule has 4 rings (SSSR count). The quantitative estimate of drug-likeness (QED) is 0.247. The predicted molar refractivity (Wildman–Crippen MR) is 166 cm³/mol. The maximum absolute atomic E-state index is 3.19. The van der Waals surface area contributed by atoms with E-state index in [1.54, 1.807) is 30.0 Å². The Morgan fingerprint density at radius 2 is 1.00 bits per heavy atom. The molecular weight excluding hydrogens is 531 g/mol. The van der Waals surface area contributed by atoms with Gasteiger partial charge in [-0.2, -0.15) is 0 Å². The molecule has 0 nitrogen and oxygen atoms in total.